The highest BCUT2D eigenvalue weighted by atomic mass is 16.5. The molecule has 0 aromatic carbocycles. The quantitative estimate of drug-likeness (QED) is 0.782. The van der Waals surface area contributed by atoms with E-state index in [1.807, 2.05) is 34.6 Å². The Hall–Kier alpha value is -0.830. The molecule has 2 unspecified atom stereocenters. The van der Waals surface area contributed by atoms with Crippen molar-refractivity contribution in [2.24, 2.45) is 17.3 Å². The number of ether oxygens (including phenoxy) is 1. The van der Waals surface area contributed by atoms with Crippen molar-refractivity contribution in [3.8, 4) is 0 Å². The van der Waals surface area contributed by atoms with Crippen LogP contribution in [0.5, 0.6) is 0 Å². The van der Waals surface area contributed by atoms with Crippen LogP contribution in [0.3, 0.4) is 0 Å². The first kappa shape index (κ1) is 17.2. The summed E-state index contributed by atoms with van der Waals surface area (Å²) in [4.78, 5) is 11.1. The van der Waals surface area contributed by atoms with Gasteiger partial charge in [-0.15, -0.1) is 0 Å². The maximum atomic E-state index is 11.1. The van der Waals surface area contributed by atoms with Crippen LogP contribution in [-0.4, -0.2) is 24.3 Å². The summed E-state index contributed by atoms with van der Waals surface area (Å²) in [7, 11) is 0. The van der Waals surface area contributed by atoms with Gasteiger partial charge in [0.15, 0.2) is 0 Å². The minimum atomic E-state index is -0.690. The zero-order valence-electron chi connectivity index (χ0n) is 12.6. The lowest BCUT2D eigenvalue weighted by Gasteiger charge is -2.40. The molecule has 0 radical (unpaired) electrons. The van der Waals surface area contributed by atoms with Gasteiger partial charge in [-0.25, -0.2) is 0 Å². The smallest absolute Gasteiger partial charge is 0.311 e. The fourth-order valence-corrected chi connectivity index (χ4v) is 2.37. The molecule has 1 N–H and O–H groups in total. The predicted octanol–water partition coefficient (Wildman–Crippen LogP) is 3.74. The van der Waals surface area contributed by atoms with Gasteiger partial charge in [0.1, 0.15) is 0 Å². The van der Waals surface area contributed by atoms with Crippen molar-refractivity contribution in [3.63, 3.8) is 0 Å². The van der Waals surface area contributed by atoms with Crippen molar-refractivity contribution >= 4 is 5.97 Å². The van der Waals surface area contributed by atoms with Crippen molar-refractivity contribution in [2.75, 3.05) is 13.2 Å². The van der Waals surface area contributed by atoms with Gasteiger partial charge in [0, 0.05) is 13.2 Å². The Kier molecular flexibility index (Phi) is 7.22. The molecule has 0 aliphatic heterocycles. The van der Waals surface area contributed by atoms with Crippen LogP contribution in [0.25, 0.3) is 0 Å². The zero-order valence-corrected chi connectivity index (χ0v) is 12.6. The van der Waals surface area contributed by atoms with E-state index in [1.165, 1.54) is 0 Å². The van der Waals surface area contributed by atoms with Crippen LogP contribution in [0.2, 0.25) is 0 Å². The van der Waals surface area contributed by atoms with E-state index in [-0.39, 0.29) is 11.3 Å². The summed E-state index contributed by atoms with van der Waals surface area (Å²) in [5, 5.41) is 9.12. The molecule has 106 valence electrons. The SMILES string of the molecule is CC1=CCC(C)C(C)(C)C1C(=O)O.CCOCC. The number of carboxylic acids is 1. The van der Waals surface area contributed by atoms with Gasteiger partial charge in [-0.2, -0.15) is 0 Å². The highest BCUT2D eigenvalue weighted by molar-refractivity contribution is 5.74. The Labute approximate surface area is 111 Å². The van der Waals surface area contributed by atoms with Gasteiger partial charge in [0.25, 0.3) is 0 Å². The molecule has 0 saturated carbocycles. The van der Waals surface area contributed by atoms with Crippen molar-refractivity contribution < 1.29 is 14.6 Å². The van der Waals surface area contributed by atoms with Gasteiger partial charge < -0.3 is 9.84 Å². The molecule has 0 saturated heterocycles. The molecular formula is C15H28O3. The molecule has 1 aliphatic rings. The molecule has 0 fully saturated rings. The first-order chi connectivity index (χ1) is 8.28. The molecular weight excluding hydrogens is 228 g/mol. The lowest BCUT2D eigenvalue weighted by molar-refractivity contribution is -0.145. The Balaban J connectivity index is 0.000000494. The summed E-state index contributed by atoms with van der Waals surface area (Å²) in [5.74, 6) is -0.557. The second kappa shape index (κ2) is 7.57. The van der Waals surface area contributed by atoms with Gasteiger partial charge in [0.05, 0.1) is 5.92 Å². The molecule has 0 spiro atoms. The standard InChI is InChI=1S/C11H18O2.C4H10O/c1-7-5-6-8(2)11(3,4)9(7)10(12)13;1-3-5-4-2/h5,8-9H,6H2,1-4H3,(H,12,13);3-4H2,1-2H3. The lowest BCUT2D eigenvalue weighted by atomic mass is 9.63. The van der Waals surface area contributed by atoms with Crippen LogP contribution in [0, 0.1) is 17.3 Å². The third-order valence-electron chi connectivity index (χ3n) is 3.92. The summed E-state index contributed by atoms with van der Waals surface area (Å²) in [6.07, 6.45) is 3.07. The first-order valence-electron chi connectivity index (χ1n) is 6.76. The van der Waals surface area contributed by atoms with E-state index in [2.05, 4.69) is 13.0 Å². The summed E-state index contributed by atoms with van der Waals surface area (Å²) < 4.78 is 4.83. The minimum Gasteiger partial charge on any atom is -0.481 e. The Morgan fingerprint density at radius 2 is 1.94 bits per heavy atom. The number of aliphatic carboxylic acids is 1. The van der Waals surface area contributed by atoms with Crippen LogP contribution >= 0.6 is 0 Å². The molecule has 0 bridgehead atoms. The fourth-order valence-electron chi connectivity index (χ4n) is 2.37. The van der Waals surface area contributed by atoms with Crippen LogP contribution in [0.1, 0.15) is 48.0 Å². The van der Waals surface area contributed by atoms with E-state index in [0.29, 0.717) is 5.92 Å². The van der Waals surface area contributed by atoms with Gasteiger partial charge >= 0.3 is 5.97 Å². The van der Waals surface area contributed by atoms with Crippen LogP contribution < -0.4 is 0 Å². The number of rotatable bonds is 3. The molecule has 3 heteroatoms. The maximum Gasteiger partial charge on any atom is 0.311 e. The highest BCUT2D eigenvalue weighted by Gasteiger charge is 2.42. The molecule has 0 aromatic rings. The summed E-state index contributed by atoms with van der Waals surface area (Å²) in [6.45, 7) is 13.8. The van der Waals surface area contributed by atoms with Crippen LogP contribution in [0.4, 0.5) is 0 Å². The molecule has 0 heterocycles. The highest BCUT2D eigenvalue weighted by Crippen LogP contribution is 2.44. The Morgan fingerprint density at radius 3 is 2.22 bits per heavy atom. The van der Waals surface area contributed by atoms with Crippen LogP contribution in [0.15, 0.2) is 11.6 Å². The molecule has 0 amide bonds. The first-order valence-corrected chi connectivity index (χ1v) is 6.76. The normalized spacial score (nSPS) is 25.8. The van der Waals surface area contributed by atoms with Gasteiger partial charge in [-0.3, -0.25) is 4.79 Å². The third kappa shape index (κ3) is 4.45. The van der Waals surface area contributed by atoms with E-state index in [4.69, 9.17) is 9.84 Å². The topological polar surface area (TPSA) is 46.5 Å². The van der Waals surface area contributed by atoms with Crippen LogP contribution in [-0.2, 0) is 9.53 Å². The molecule has 0 aromatic heterocycles. The zero-order chi connectivity index (χ0) is 14.3. The van der Waals surface area contributed by atoms with Crippen molar-refractivity contribution in [1.82, 2.24) is 0 Å². The Morgan fingerprint density at radius 1 is 1.44 bits per heavy atom. The second-order valence-electron chi connectivity index (χ2n) is 5.46. The molecule has 1 rings (SSSR count). The number of hydrogen-bond acceptors (Lipinski definition) is 2. The lowest BCUT2D eigenvalue weighted by Crippen LogP contribution is -2.39. The second-order valence-corrected chi connectivity index (χ2v) is 5.46. The average molecular weight is 256 g/mol. The number of hydrogen-bond donors (Lipinski definition) is 1. The number of carbonyl (C=O) groups is 1. The van der Waals surface area contributed by atoms with E-state index >= 15 is 0 Å². The van der Waals surface area contributed by atoms with Gasteiger partial charge in [0.2, 0.25) is 0 Å². The van der Waals surface area contributed by atoms with E-state index < -0.39 is 5.97 Å². The predicted molar refractivity (Wildman–Crippen MR) is 74.6 cm³/mol. The maximum absolute atomic E-state index is 11.1. The summed E-state index contributed by atoms with van der Waals surface area (Å²) >= 11 is 0. The summed E-state index contributed by atoms with van der Waals surface area (Å²) in [6, 6.07) is 0. The van der Waals surface area contributed by atoms with Gasteiger partial charge in [-0.1, -0.05) is 32.4 Å². The van der Waals surface area contributed by atoms with E-state index in [9.17, 15) is 4.79 Å². The number of allylic oxidation sites excluding steroid dienone is 1. The van der Waals surface area contributed by atoms with Gasteiger partial charge in [-0.05, 0) is 38.5 Å². The third-order valence-corrected chi connectivity index (χ3v) is 3.92. The number of carboxylic acid groups (broad SMARTS) is 1. The monoisotopic (exact) mass is 256 g/mol. The minimum absolute atomic E-state index is 0.120. The van der Waals surface area contributed by atoms with E-state index in [1.54, 1.807) is 0 Å². The largest absolute Gasteiger partial charge is 0.481 e. The van der Waals surface area contributed by atoms with Crippen molar-refractivity contribution in [1.29, 1.82) is 0 Å². The Bertz CT molecular complexity index is 290. The molecule has 18 heavy (non-hydrogen) atoms. The molecule has 1 aliphatic carbocycles. The van der Waals surface area contributed by atoms with E-state index in [0.717, 1.165) is 25.2 Å². The fraction of sp³-hybridized carbons (Fsp3) is 0.800. The molecule has 2 atom stereocenters. The molecule has 3 nitrogen and oxygen atoms in total. The summed E-state index contributed by atoms with van der Waals surface area (Å²) in [5.41, 5.74) is 0.889. The average Bonchev–Trinajstić information content (AvgIpc) is 2.25. The van der Waals surface area contributed by atoms with Crippen molar-refractivity contribution in [3.05, 3.63) is 11.6 Å². The van der Waals surface area contributed by atoms with Crippen molar-refractivity contribution in [2.45, 2.75) is 48.0 Å².